The summed E-state index contributed by atoms with van der Waals surface area (Å²) in [4.78, 5) is 30.2. The van der Waals surface area contributed by atoms with E-state index in [1.807, 2.05) is 25.1 Å². The lowest BCUT2D eigenvalue weighted by molar-refractivity contribution is -0.133. The Morgan fingerprint density at radius 2 is 2.12 bits per heavy atom. The lowest BCUT2D eigenvalue weighted by atomic mass is 9.78. The summed E-state index contributed by atoms with van der Waals surface area (Å²) in [5.74, 6) is -0.315. The first-order valence-electron chi connectivity index (χ1n) is 8.51. The van der Waals surface area contributed by atoms with Gasteiger partial charge in [0, 0.05) is 12.6 Å². The molecule has 1 aliphatic carbocycles. The number of benzene rings is 1. The summed E-state index contributed by atoms with van der Waals surface area (Å²) in [5, 5.41) is 6.64. The van der Waals surface area contributed by atoms with Crippen molar-refractivity contribution in [3.8, 4) is 0 Å². The topological polar surface area (TPSA) is 74.3 Å². The normalized spacial score (nSPS) is 15.6. The van der Waals surface area contributed by atoms with Crippen molar-refractivity contribution in [2.45, 2.75) is 38.6 Å². The van der Waals surface area contributed by atoms with Crippen LogP contribution in [-0.4, -0.2) is 47.4 Å². The second-order valence-electron chi connectivity index (χ2n) is 7.06. The van der Waals surface area contributed by atoms with Crippen LogP contribution in [0.25, 0.3) is 10.2 Å². The SMILES string of the molecule is Cc1ccc2nc(NC(=O)CN(C)C(=O)CNC3(C)CCC3)sc2c1. The zero-order valence-electron chi connectivity index (χ0n) is 14.9. The number of likely N-dealkylation sites (N-methyl/N-ethyl adjacent to an activating group) is 1. The lowest BCUT2D eigenvalue weighted by Crippen LogP contribution is -2.52. The third-order valence-corrected chi connectivity index (χ3v) is 5.65. The van der Waals surface area contributed by atoms with Gasteiger partial charge in [0.25, 0.3) is 0 Å². The van der Waals surface area contributed by atoms with Crippen molar-refractivity contribution in [2.24, 2.45) is 0 Å². The number of nitrogens with zero attached hydrogens (tertiary/aromatic N) is 2. The van der Waals surface area contributed by atoms with Crippen molar-refractivity contribution in [3.63, 3.8) is 0 Å². The van der Waals surface area contributed by atoms with Gasteiger partial charge in [-0.15, -0.1) is 0 Å². The summed E-state index contributed by atoms with van der Waals surface area (Å²) < 4.78 is 1.04. The van der Waals surface area contributed by atoms with E-state index in [0.717, 1.165) is 28.6 Å². The molecule has 1 saturated carbocycles. The van der Waals surface area contributed by atoms with Gasteiger partial charge >= 0.3 is 0 Å². The summed E-state index contributed by atoms with van der Waals surface area (Å²) in [5.41, 5.74) is 2.11. The van der Waals surface area contributed by atoms with Gasteiger partial charge in [0.1, 0.15) is 0 Å². The van der Waals surface area contributed by atoms with Crippen LogP contribution in [0.5, 0.6) is 0 Å². The van der Waals surface area contributed by atoms with Crippen molar-refractivity contribution >= 4 is 38.5 Å². The number of rotatable bonds is 6. The van der Waals surface area contributed by atoms with E-state index in [1.165, 1.54) is 22.7 Å². The Bertz CT molecular complexity index is 797. The number of anilines is 1. The molecular weight excluding hydrogens is 336 g/mol. The predicted molar refractivity (Wildman–Crippen MR) is 101 cm³/mol. The maximum Gasteiger partial charge on any atom is 0.245 e. The molecule has 7 heteroatoms. The molecule has 0 atom stereocenters. The number of aromatic nitrogens is 1. The van der Waals surface area contributed by atoms with Gasteiger partial charge in [-0.1, -0.05) is 17.4 Å². The maximum absolute atomic E-state index is 12.2. The van der Waals surface area contributed by atoms with E-state index in [2.05, 4.69) is 22.5 Å². The molecule has 1 heterocycles. The Hall–Kier alpha value is -1.99. The highest BCUT2D eigenvalue weighted by molar-refractivity contribution is 7.22. The zero-order valence-corrected chi connectivity index (χ0v) is 15.7. The van der Waals surface area contributed by atoms with E-state index < -0.39 is 0 Å². The summed E-state index contributed by atoms with van der Waals surface area (Å²) in [6.07, 6.45) is 3.40. The van der Waals surface area contributed by atoms with Crippen LogP contribution in [-0.2, 0) is 9.59 Å². The minimum Gasteiger partial charge on any atom is -0.335 e. The van der Waals surface area contributed by atoms with Gasteiger partial charge < -0.3 is 15.5 Å². The van der Waals surface area contributed by atoms with Crippen LogP contribution in [0.2, 0.25) is 0 Å². The highest BCUT2D eigenvalue weighted by atomic mass is 32.1. The quantitative estimate of drug-likeness (QED) is 0.830. The molecule has 134 valence electrons. The van der Waals surface area contributed by atoms with E-state index in [4.69, 9.17) is 0 Å². The van der Waals surface area contributed by atoms with Crippen molar-refractivity contribution in [1.29, 1.82) is 0 Å². The molecule has 0 saturated heterocycles. The first-order chi connectivity index (χ1) is 11.8. The molecule has 0 aliphatic heterocycles. The third-order valence-electron chi connectivity index (χ3n) is 4.72. The van der Waals surface area contributed by atoms with E-state index in [1.54, 1.807) is 7.05 Å². The minimum absolute atomic E-state index is 0.0200. The van der Waals surface area contributed by atoms with E-state index >= 15 is 0 Å². The van der Waals surface area contributed by atoms with Gasteiger partial charge in [0.05, 0.1) is 23.3 Å². The van der Waals surface area contributed by atoms with Crippen LogP contribution in [0.3, 0.4) is 0 Å². The van der Waals surface area contributed by atoms with Gasteiger partial charge in [0.2, 0.25) is 11.8 Å². The van der Waals surface area contributed by atoms with Gasteiger partial charge in [-0.25, -0.2) is 4.98 Å². The van der Waals surface area contributed by atoms with E-state index in [0.29, 0.717) is 5.13 Å². The van der Waals surface area contributed by atoms with Gasteiger partial charge in [-0.3, -0.25) is 9.59 Å². The zero-order chi connectivity index (χ0) is 18.0. The smallest absolute Gasteiger partial charge is 0.245 e. The minimum atomic E-state index is -0.235. The van der Waals surface area contributed by atoms with Crippen LogP contribution < -0.4 is 10.6 Å². The molecule has 2 aromatic rings. The maximum atomic E-state index is 12.2. The second kappa shape index (κ2) is 7.09. The van der Waals surface area contributed by atoms with Gasteiger partial charge in [-0.05, 0) is 50.8 Å². The Kier molecular flexibility index (Phi) is 5.06. The highest BCUT2D eigenvalue weighted by Gasteiger charge is 2.31. The molecular formula is C18H24N4O2S. The second-order valence-corrected chi connectivity index (χ2v) is 8.09. The van der Waals surface area contributed by atoms with Crippen LogP contribution in [0.15, 0.2) is 18.2 Å². The predicted octanol–water partition coefficient (Wildman–Crippen LogP) is 2.53. The van der Waals surface area contributed by atoms with E-state index in [9.17, 15) is 9.59 Å². The molecule has 2 amide bonds. The van der Waals surface area contributed by atoms with E-state index in [-0.39, 0.29) is 30.4 Å². The number of amides is 2. The molecule has 25 heavy (non-hydrogen) atoms. The molecule has 2 N–H and O–H groups in total. The molecule has 0 spiro atoms. The van der Waals surface area contributed by atoms with Gasteiger partial charge in [-0.2, -0.15) is 0 Å². The molecule has 1 fully saturated rings. The summed E-state index contributed by atoms with van der Waals surface area (Å²) in [7, 11) is 1.65. The summed E-state index contributed by atoms with van der Waals surface area (Å²) in [6.45, 7) is 4.44. The fraction of sp³-hybridized carbons (Fsp3) is 0.500. The Morgan fingerprint density at radius 3 is 2.80 bits per heavy atom. The summed E-state index contributed by atoms with van der Waals surface area (Å²) in [6, 6.07) is 5.99. The highest BCUT2D eigenvalue weighted by Crippen LogP contribution is 2.30. The Morgan fingerprint density at radius 1 is 1.36 bits per heavy atom. The van der Waals surface area contributed by atoms with Crippen LogP contribution in [0.4, 0.5) is 5.13 Å². The Labute approximate surface area is 151 Å². The molecule has 1 aromatic heterocycles. The first kappa shape index (κ1) is 17.8. The van der Waals surface area contributed by atoms with Gasteiger partial charge in [0.15, 0.2) is 5.13 Å². The van der Waals surface area contributed by atoms with Crippen molar-refractivity contribution < 1.29 is 9.59 Å². The molecule has 0 radical (unpaired) electrons. The number of hydrogen-bond acceptors (Lipinski definition) is 5. The number of carbonyl (C=O) groups excluding carboxylic acids is 2. The van der Waals surface area contributed by atoms with Crippen molar-refractivity contribution in [3.05, 3.63) is 23.8 Å². The van der Waals surface area contributed by atoms with Crippen LogP contribution in [0, 0.1) is 6.92 Å². The molecule has 0 unspecified atom stereocenters. The third kappa shape index (κ3) is 4.35. The summed E-state index contributed by atoms with van der Waals surface area (Å²) >= 11 is 1.44. The number of aryl methyl sites for hydroxylation is 1. The molecule has 6 nitrogen and oxygen atoms in total. The fourth-order valence-corrected chi connectivity index (χ4v) is 3.84. The number of fused-ring (bicyclic) bond motifs is 1. The lowest BCUT2D eigenvalue weighted by Gasteiger charge is -2.39. The number of hydrogen-bond donors (Lipinski definition) is 2. The number of thiazole rings is 1. The molecule has 1 aliphatic rings. The first-order valence-corrected chi connectivity index (χ1v) is 9.32. The average molecular weight is 360 g/mol. The van der Waals surface area contributed by atoms with Crippen LogP contribution >= 0.6 is 11.3 Å². The van der Waals surface area contributed by atoms with Crippen molar-refractivity contribution in [1.82, 2.24) is 15.2 Å². The standard InChI is InChI=1S/C18H24N4O2S/c1-12-5-6-13-14(9-12)25-17(20-13)21-15(23)11-22(3)16(24)10-19-18(2)7-4-8-18/h5-6,9,19H,4,7-8,10-11H2,1-3H3,(H,20,21,23). The molecule has 0 bridgehead atoms. The fourth-order valence-electron chi connectivity index (χ4n) is 2.86. The Balaban J connectivity index is 1.51. The number of nitrogens with one attached hydrogen (secondary N) is 2. The molecule has 1 aromatic carbocycles. The number of carbonyl (C=O) groups is 2. The average Bonchev–Trinajstić information content (AvgIpc) is 2.91. The van der Waals surface area contributed by atoms with Crippen LogP contribution in [0.1, 0.15) is 31.7 Å². The largest absolute Gasteiger partial charge is 0.335 e. The van der Waals surface area contributed by atoms with Crippen molar-refractivity contribution in [2.75, 3.05) is 25.5 Å². The monoisotopic (exact) mass is 360 g/mol. The molecule has 3 rings (SSSR count).